The zero-order valence-electron chi connectivity index (χ0n) is 10.8. The summed E-state index contributed by atoms with van der Waals surface area (Å²) >= 11 is 1.64. The van der Waals surface area contributed by atoms with Gasteiger partial charge in [-0.3, -0.25) is 0 Å². The Kier molecular flexibility index (Phi) is 3.93. The molecule has 0 fully saturated rings. The third-order valence-electron chi connectivity index (χ3n) is 2.69. The first kappa shape index (κ1) is 13.0. The van der Waals surface area contributed by atoms with E-state index in [4.69, 9.17) is 0 Å². The largest absolute Gasteiger partial charge is 0.389 e. The van der Waals surface area contributed by atoms with Gasteiger partial charge in [-0.1, -0.05) is 6.07 Å². The maximum Gasteiger partial charge on any atom is 0.134 e. The topological polar surface area (TPSA) is 49.2 Å². The van der Waals surface area contributed by atoms with Crippen molar-refractivity contribution in [2.75, 3.05) is 11.9 Å². The Hall–Kier alpha value is -1.46. The van der Waals surface area contributed by atoms with E-state index in [1.807, 2.05) is 31.0 Å². The van der Waals surface area contributed by atoms with Crippen LogP contribution in [0.3, 0.4) is 0 Å². The smallest absolute Gasteiger partial charge is 0.134 e. The first-order valence-corrected chi connectivity index (χ1v) is 6.71. The summed E-state index contributed by atoms with van der Waals surface area (Å²) in [6.07, 6.45) is 1.22. The molecule has 0 aromatic carbocycles. The summed E-state index contributed by atoms with van der Waals surface area (Å²) in [5.41, 5.74) is 1.87. The van der Waals surface area contributed by atoms with Crippen molar-refractivity contribution in [2.24, 2.45) is 0 Å². The molecular weight excluding hydrogens is 246 g/mol. The lowest BCUT2D eigenvalue weighted by molar-refractivity contribution is 0.199. The highest BCUT2D eigenvalue weighted by atomic mass is 32.1. The number of aliphatic hydroxyl groups excluding tert-OH is 1. The summed E-state index contributed by atoms with van der Waals surface area (Å²) in [5, 5.41) is 12.9. The molecular formula is C13H17N3OS. The van der Waals surface area contributed by atoms with E-state index in [2.05, 4.69) is 15.3 Å². The fourth-order valence-electron chi connectivity index (χ4n) is 1.85. The van der Waals surface area contributed by atoms with E-state index < -0.39 is 6.10 Å². The van der Waals surface area contributed by atoms with Crippen LogP contribution in [-0.2, 0) is 6.54 Å². The lowest BCUT2D eigenvalue weighted by atomic mass is 10.1. The number of aliphatic hydroxyl groups is 1. The molecule has 0 spiro atoms. The Balaban J connectivity index is 2.20. The van der Waals surface area contributed by atoms with Crippen molar-refractivity contribution in [3.63, 3.8) is 0 Å². The molecule has 0 unspecified atom stereocenters. The Labute approximate surface area is 111 Å². The van der Waals surface area contributed by atoms with Crippen LogP contribution in [0.4, 0.5) is 5.82 Å². The molecule has 0 bridgehead atoms. The van der Waals surface area contributed by atoms with Crippen molar-refractivity contribution in [2.45, 2.75) is 26.5 Å². The summed E-state index contributed by atoms with van der Waals surface area (Å²) in [7, 11) is 1.96. The second-order valence-corrected chi connectivity index (χ2v) is 5.37. The molecule has 2 heterocycles. The van der Waals surface area contributed by atoms with Crippen LogP contribution in [0.15, 0.2) is 23.7 Å². The fraction of sp³-hybridized carbons (Fsp3) is 0.385. The number of pyridine rings is 1. The van der Waals surface area contributed by atoms with Gasteiger partial charge >= 0.3 is 0 Å². The molecule has 2 rings (SSSR count). The molecule has 1 atom stereocenters. The minimum atomic E-state index is -0.520. The lowest BCUT2D eigenvalue weighted by Crippen LogP contribution is -2.20. The van der Waals surface area contributed by atoms with E-state index in [0.29, 0.717) is 6.54 Å². The Morgan fingerprint density at radius 1 is 1.50 bits per heavy atom. The van der Waals surface area contributed by atoms with E-state index in [1.54, 1.807) is 24.5 Å². The number of anilines is 1. The third kappa shape index (κ3) is 2.86. The quantitative estimate of drug-likeness (QED) is 0.921. The normalized spacial score (nSPS) is 12.4. The highest BCUT2D eigenvalue weighted by Crippen LogP contribution is 2.24. The van der Waals surface area contributed by atoms with Crippen molar-refractivity contribution >= 4 is 17.2 Å². The Morgan fingerprint density at radius 2 is 2.28 bits per heavy atom. The Morgan fingerprint density at radius 3 is 2.89 bits per heavy atom. The molecule has 0 aliphatic heterocycles. The van der Waals surface area contributed by atoms with Crippen molar-refractivity contribution in [3.05, 3.63) is 40.0 Å². The van der Waals surface area contributed by atoms with Gasteiger partial charge in [0.2, 0.25) is 0 Å². The number of hydrogen-bond donors (Lipinski definition) is 1. The van der Waals surface area contributed by atoms with Gasteiger partial charge in [0.05, 0.1) is 23.4 Å². The number of aromatic nitrogens is 2. The summed E-state index contributed by atoms with van der Waals surface area (Å²) in [6, 6.07) is 3.74. The van der Waals surface area contributed by atoms with Gasteiger partial charge in [0.25, 0.3) is 0 Å². The number of aryl methyl sites for hydroxylation is 1. The van der Waals surface area contributed by atoms with Gasteiger partial charge in [0, 0.05) is 24.2 Å². The third-order valence-corrected chi connectivity index (χ3v) is 3.52. The van der Waals surface area contributed by atoms with Crippen LogP contribution < -0.4 is 4.90 Å². The van der Waals surface area contributed by atoms with Gasteiger partial charge in [-0.2, -0.15) is 0 Å². The predicted molar refractivity (Wildman–Crippen MR) is 73.8 cm³/mol. The van der Waals surface area contributed by atoms with Crippen molar-refractivity contribution in [1.29, 1.82) is 0 Å². The summed E-state index contributed by atoms with van der Waals surface area (Å²) < 4.78 is 0. The van der Waals surface area contributed by atoms with Crippen LogP contribution in [0, 0.1) is 6.92 Å². The van der Waals surface area contributed by atoms with Crippen LogP contribution in [0.2, 0.25) is 0 Å². The Bertz CT molecular complexity index is 524. The maximum atomic E-state index is 9.74. The number of thiazole rings is 1. The second kappa shape index (κ2) is 5.46. The molecule has 2 aromatic heterocycles. The van der Waals surface area contributed by atoms with Gasteiger partial charge in [0.1, 0.15) is 5.82 Å². The van der Waals surface area contributed by atoms with E-state index in [-0.39, 0.29) is 0 Å². The number of nitrogens with zero attached hydrogens (tertiary/aromatic N) is 3. The molecule has 5 heteroatoms. The first-order chi connectivity index (χ1) is 8.58. The number of rotatable bonds is 4. The molecule has 0 aliphatic carbocycles. The molecule has 96 valence electrons. The zero-order valence-corrected chi connectivity index (χ0v) is 11.6. The molecule has 18 heavy (non-hydrogen) atoms. The highest BCUT2D eigenvalue weighted by molar-refractivity contribution is 7.09. The minimum Gasteiger partial charge on any atom is -0.389 e. The molecule has 0 saturated carbocycles. The van der Waals surface area contributed by atoms with Crippen LogP contribution in [0.25, 0.3) is 0 Å². The summed E-state index contributed by atoms with van der Waals surface area (Å²) in [6.45, 7) is 4.44. The average molecular weight is 263 g/mol. The average Bonchev–Trinajstić information content (AvgIpc) is 2.74. The van der Waals surface area contributed by atoms with Crippen LogP contribution >= 0.6 is 11.3 Å². The molecule has 0 radical (unpaired) electrons. The van der Waals surface area contributed by atoms with Crippen molar-refractivity contribution in [1.82, 2.24) is 9.97 Å². The molecule has 1 N–H and O–H groups in total. The zero-order chi connectivity index (χ0) is 13.1. The molecule has 2 aromatic rings. The summed E-state index contributed by atoms with van der Waals surface area (Å²) in [4.78, 5) is 10.8. The highest BCUT2D eigenvalue weighted by Gasteiger charge is 2.13. The van der Waals surface area contributed by atoms with E-state index in [1.165, 1.54) is 0 Å². The molecule has 0 amide bonds. The van der Waals surface area contributed by atoms with Crippen LogP contribution in [-0.4, -0.2) is 22.1 Å². The monoisotopic (exact) mass is 263 g/mol. The van der Waals surface area contributed by atoms with Gasteiger partial charge in [-0.15, -0.1) is 11.3 Å². The standard InChI is InChI=1S/C13H17N3OS/c1-9(17)12-5-4-6-14-13(12)16(3)7-11-8-18-10(2)15-11/h4-6,8-9,17H,7H2,1-3H3/t9-/m1/s1. The predicted octanol–water partition coefficient (Wildman–Crippen LogP) is 2.54. The molecule has 0 saturated heterocycles. The van der Waals surface area contributed by atoms with E-state index >= 15 is 0 Å². The van der Waals surface area contributed by atoms with Gasteiger partial charge in [-0.25, -0.2) is 9.97 Å². The van der Waals surface area contributed by atoms with Crippen molar-refractivity contribution < 1.29 is 5.11 Å². The van der Waals surface area contributed by atoms with Crippen LogP contribution in [0.5, 0.6) is 0 Å². The molecule has 0 aliphatic rings. The minimum absolute atomic E-state index is 0.520. The lowest BCUT2D eigenvalue weighted by Gasteiger charge is -2.21. The van der Waals surface area contributed by atoms with Gasteiger partial charge in [-0.05, 0) is 19.9 Å². The number of hydrogen-bond acceptors (Lipinski definition) is 5. The van der Waals surface area contributed by atoms with E-state index in [9.17, 15) is 5.11 Å². The SMILES string of the molecule is Cc1nc(CN(C)c2ncccc2[C@@H](C)O)cs1. The fourth-order valence-corrected chi connectivity index (χ4v) is 2.46. The summed E-state index contributed by atoms with van der Waals surface area (Å²) in [5.74, 6) is 0.804. The van der Waals surface area contributed by atoms with Gasteiger partial charge < -0.3 is 10.0 Å². The first-order valence-electron chi connectivity index (χ1n) is 5.83. The second-order valence-electron chi connectivity index (χ2n) is 4.31. The van der Waals surface area contributed by atoms with E-state index in [0.717, 1.165) is 22.1 Å². The van der Waals surface area contributed by atoms with Gasteiger partial charge in [0.15, 0.2) is 0 Å². The maximum absolute atomic E-state index is 9.74. The molecule has 4 nitrogen and oxygen atoms in total. The van der Waals surface area contributed by atoms with Crippen molar-refractivity contribution in [3.8, 4) is 0 Å². The van der Waals surface area contributed by atoms with Crippen LogP contribution in [0.1, 0.15) is 29.3 Å².